The number of rotatable bonds is 6. The fourth-order valence-electron chi connectivity index (χ4n) is 2.43. The zero-order valence-corrected chi connectivity index (χ0v) is 12.8. The van der Waals surface area contributed by atoms with Gasteiger partial charge in [-0.25, -0.2) is 14.3 Å². The summed E-state index contributed by atoms with van der Waals surface area (Å²) in [5.41, 5.74) is 1.06. The largest absolute Gasteiger partial charge is 0.272 e. The van der Waals surface area contributed by atoms with Crippen LogP contribution < -0.4 is 0 Å². The molecule has 0 N–H and O–H groups in total. The first kappa shape index (κ1) is 14.2. The molecule has 0 saturated heterocycles. The molecule has 0 atom stereocenters. The molecule has 0 spiro atoms. The molecule has 0 bridgehead atoms. The van der Waals surface area contributed by atoms with Crippen LogP contribution >= 0.6 is 0 Å². The summed E-state index contributed by atoms with van der Waals surface area (Å²) in [5.74, 6) is 1.59. The van der Waals surface area contributed by atoms with Crippen LogP contribution in [0.1, 0.15) is 11.4 Å². The molecule has 0 aliphatic rings. The molecule has 0 aliphatic heterocycles. The Morgan fingerprint density at radius 3 is 2.75 bits per heavy atom. The first-order chi connectivity index (χ1) is 11.9. The fraction of sp³-hybridized carbons (Fsp3) is 0.200. The van der Waals surface area contributed by atoms with Crippen LogP contribution in [-0.4, -0.2) is 44.8 Å². The smallest absolute Gasteiger partial charge is 0.153 e. The van der Waals surface area contributed by atoms with Gasteiger partial charge in [0.05, 0.1) is 6.54 Å². The average molecular weight is 321 g/mol. The van der Waals surface area contributed by atoms with Crippen molar-refractivity contribution in [2.24, 2.45) is 0 Å². The SMILES string of the molecule is c1cnn(CCc2nnnn2Cc2ccnc(-n3cccn3)c2)c1. The van der Waals surface area contributed by atoms with E-state index in [4.69, 9.17) is 0 Å². The minimum atomic E-state index is 0.582. The van der Waals surface area contributed by atoms with E-state index in [1.165, 1.54) is 0 Å². The molecule has 0 radical (unpaired) electrons. The van der Waals surface area contributed by atoms with Crippen LogP contribution in [0.5, 0.6) is 0 Å². The van der Waals surface area contributed by atoms with Gasteiger partial charge < -0.3 is 0 Å². The van der Waals surface area contributed by atoms with E-state index in [9.17, 15) is 0 Å². The summed E-state index contributed by atoms with van der Waals surface area (Å²) in [6.07, 6.45) is 9.75. The third-order valence-electron chi connectivity index (χ3n) is 3.61. The van der Waals surface area contributed by atoms with Crippen molar-refractivity contribution in [1.29, 1.82) is 0 Å². The summed E-state index contributed by atoms with van der Waals surface area (Å²) in [5, 5.41) is 20.4. The van der Waals surface area contributed by atoms with Gasteiger partial charge >= 0.3 is 0 Å². The topological polar surface area (TPSA) is 92.1 Å². The van der Waals surface area contributed by atoms with Crippen molar-refractivity contribution in [2.45, 2.75) is 19.5 Å². The minimum Gasteiger partial charge on any atom is -0.272 e. The Kier molecular flexibility index (Phi) is 3.80. The summed E-state index contributed by atoms with van der Waals surface area (Å²) >= 11 is 0. The maximum absolute atomic E-state index is 4.33. The standard InChI is InChI=1S/C15H15N9/c1-5-17-22(8-1)10-4-14-19-20-21-24(14)12-13-3-7-16-15(11-13)23-9-2-6-18-23/h1-3,5-9,11H,4,10,12H2. The molecule has 9 heteroatoms. The number of nitrogens with zero attached hydrogens (tertiary/aromatic N) is 9. The Morgan fingerprint density at radius 1 is 1.00 bits per heavy atom. The van der Waals surface area contributed by atoms with Crippen LogP contribution in [0.3, 0.4) is 0 Å². The van der Waals surface area contributed by atoms with Crippen molar-refractivity contribution in [3.8, 4) is 5.82 Å². The predicted octanol–water partition coefficient (Wildman–Crippen LogP) is 0.741. The Hall–Kier alpha value is -3.36. The molecule has 4 aromatic rings. The van der Waals surface area contributed by atoms with Crippen LogP contribution in [0.25, 0.3) is 5.82 Å². The summed E-state index contributed by atoms with van der Waals surface area (Å²) in [4.78, 5) is 4.33. The second-order valence-electron chi connectivity index (χ2n) is 5.24. The molecule has 0 saturated carbocycles. The molecule has 0 unspecified atom stereocenters. The number of hydrogen-bond donors (Lipinski definition) is 0. The Bertz CT molecular complexity index is 893. The number of aryl methyl sites for hydroxylation is 2. The van der Waals surface area contributed by atoms with E-state index < -0.39 is 0 Å². The maximum Gasteiger partial charge on any atom is 0.153 e. The lowest BCUT2D eigenvalue weighted by molar-refractivity contribution is 0.560. The molecular formula is C15H15N9. The molecule has 4 aromatic heterocycles. The van der Waals surface area contributed by atoms with Gasteiger partial charge in [0.2, 0.25) is 0 Å². The van der Waals surface area contributed by atoms with Gasteiger partial charge in [-0.15, -0.1) is 5.10 Å². The second-order valence-corrected chi connectivity index (χ2v) is 5.24. The molecule has 0 amide bonds. The van der Waals surface area contributed by atoms with Gasteiger partial charge in [0.15, 0.2) is 11.6 Å². The molecular weight excluding hydrogens is 306 g/mol. The normalized spacial score (nSPS) is 11.0. The van der Waals surface area contributed by atoms with E-state index in [1.807, 2.05) is 41.3 Å². The lowest BCUT2D eigenvalue weighted by Crippen LogP contribution is -2.11. The molecule has 120 valence electrons. The third-order valence-corrected chi connectivity index (χ3v) is 3.61. The van der Waals surface area contributed by atoms with E-state index in [0.717, 1.165) is 23.8 Å². The van der Waals surface area contributed by atoms with Crippen molar-refractivity contribution in [3.63, 3.8) is 0 Å². The number of hydrogen-bond acceptors (Lipinski definition) is 6. The summed E-state index contributed by atoms with van der Waals surface area (Å²) in [6, 6.07) is 7.69. The Balaban J connectivity index is 1.50. The monoisotopic (exact) mass is 321 g/mol. The number of aromatic nitrogens is 9. The van der Waals surface area contributed by atoms with E-state index in [-0.39, 0.29) is 0 Å². The summed E-state index contributed by atoms with van der Waals surface area (Å²) in [7, 11) is 0. The van der Waals surface area contributed by atoms with Crippen molar-refractivity contribution in [2.75, 3.05) is 0 Å². The highest BCUT2D eigenvalue weighted by molar-refractivity contribution is 5.27. The van der Waals surface area contributed by atoms with Gasteiger partial charge in [0.1, 0.15) is 0 Å². The van der Waals surface area contributed by atoms with Crippen LogP contribution in [0, 0.1) is 0 Å². The molecule has 4 heterocycles. The van der Waals surface area contributed by atoms with Crippen molar-refractivity contribution in [1.82, 2.24) is 44.8 Å². The second kappa shape index (κ2) is 6.41. The summed E-state index contributed by atoms with van der Waals surface area (Å²) < 4.78 is 5.38. The first-order valence-electron chi connectivity index (χ1n) is 7.56. The molecule has 0 aromatic carbocycles. The average Bonchev–Trinajstić information content (AvgIpc) is 3.36. The molecule has 0 aliphatic carbocycles. The van der Waals surface area contributed by atoms with Crippen LogP contribution in [0.2, 0.25) is 0 Å². The highest BCUT2D eigenvalue weighted by Gasteiger charge is 2.08. The van der Waals surface area contributed by atoms with Gasteiger partial charge in [-0.05, 0) is 40.3 Å². The maximum atomic E-state index is 4.33. The van der Waals surface area contributed by atoms with Crippen molar-refractivity contribution in [3.05, 3.63) is 66.6 Å². The highest BCUT2D eigenvalue weighted by atomic mass is 15.5. The predicted molar refractivity (Wildman–Crippen MR) is 84.2 cm³/mol. The third kappa shape index (κ3) is 3.05. The molecule has 4 rings (SSSR count). The molecule has 24 heavy (non-hydrogen) atoms. The lowest BCUT2D eigenvalue weighted by Gasteiger charge is -2.07. The molecule has 0 fully saturated rings. The molecule has 9 nitrogen and oxygen atoms in total. The Morgan fingerprint density at radius 2 is 1.92 bits per heavy atom. The Labute approximate surface area is 137 Å². The minimum absolute atomic E-state index is 0.582. The van der Waals surface area contributed by atoms with Crippen LogP contribution in [0.15, 0.2) is 55.2 Å². The van der Waals surface area contributed by atoms with Gasteiger partial charge in [-0.3, -0.25) is 4.68 Å². The van der Waals surface area contributed by atoms with Gasteiger partial charge in [0.25, 0.3) is 0 Å². The van der Waals surface area contributed by atoms with Crippen LogP contribution in [-0.2, 0) is 19.5 Å². The van der Waals surface area contributed by atoms with E-state index >= 15 is 0 Å². The zero-order chi connectivity index (χ0) is 16.2. The fourth-order valence-corrected chi connectivity index (χ4v) is 2.43. The van der Waals surface area contributed by atoms with Gasteiger partial charge in [0, 0.05) is 43.9 Å². The summed E-state index contributed by atoms with van der Waals surface area (Å²) in [6.45, 7) is 1.32. The van der Waals surface area contributed by atoms with Crippen molar-refractivity contribution >= 4 is 0 Å². The zero-order valence-electron chi connectivity index (χ0n) is 12.8. The lowest BCUT2D eigenvalue weighted by atomic mass is 10.2. The highest BCUT2D eigenvalue weighted by Crippen LogP contribution is 2.09. The quantitative estimate of drug-likeness (QED) is 0.520. The van der Waals surface area contributed by atoms with E-state index in [0.29, 0.717) is 13.0 Å². The number of tetrazole rings is 1. The van der Waals surface area contributed by atoms with Gasteiger partial charge in [-0.1, -0.05) is 0 Å². The first-order valence-corrected chi connectivity index (χ1v) is 7.56. The number of pyridine rings is 1. The van der Waals surface area contributed by atoms with Gasteiger partial charge in [-0.2, -0.15) is 10.2 Å². The van der Waals surface area contributed by atoms with Crippen LogP contribution in [0.4, 0.5) is 0 Å². The van der Waals surface area contributed by atoms with Crippen molar-refractivity contribution < 1.29 is 0 Å². The van der Waals surface area contributed by atoms with E-state index in [2.05, 4.69) is 30.7 Å². The van der Waals surface area contributed by atoms with E-state index in [1.54, 1.807) is 28.0 Å².